The fourth-order valence-corrected chi connectivity index (χ4v) is 3.50. The van der Waals surface area contributed by atoms with Gasteiger partial charge in [0.15, 0.2) is 0 Å². The molecule has 1 saturated heterocycles. The molecule has 21 heavy (non-hydrogen) atoms. The fourth-order valence-electron chi connectivity index (χ4n) is 2.08. The summed E-state index contributed by atoms with van der Waals surface area (Å²) < 4.78 is 31.3. The lowest BCUT2D eigenvalue weighted by molar-refractivity contribution is -0.192. The van der Waals surface area contributed by atoms with Crippen molar-refractivity contribution in [3.05, 3.63) is 24.3 Å². The molecule has 1 heterocycles. The number of carbonyl (C=O) groups is 1. The number of ether oxygens (including phenoxy) is 1. The third-order valence-corrected chi connectivity index (χ3v) is 5.07. The van der Waals surface area contributed by atoms with Gasteiger partial charge in [-0.2, -0.15) is 4.31 Å². The molecular weight excluding hydrogens is 296 g/mol. The van der Waals surface area contributed by atoms with Crippen molar-refractivity contribution in [2.24, 2.45) is 0 Å². The van der Waals surface area contributed by atoms with Crippen LogP contribution in [0, 0.1) is 0 Å². The van der Waals surface area contributed by atoms with Crippen molar-refractivity contribution < 1.29 is 22.8 Å². The maximum Gasteiger partial charge on any atom is 0.322 e. The summed E-state index contributed by atoms with van der Waals surface area (Å²) in [5.74, 6) is 0.204. The Morgan fingerprint density at radius 2 is 1.67 bits per heavy atom. The molecule has 0 aliphatic carbocycles. The summed E-state index contributed by atoms with van der Waals surface area (Å²) >= 11 is 0. The molecule has 0 atom stereocenters. The van der Waals surface area contributed by atoms with E-state index in [0.717, 1.165) is 0 Å². The van der Waals surface area contributed by atoms with Crippen molar-refractivity contribution in [1.82, 2.24) is 9.37 Å². The molecule has 7 nitrogen and oxygen atoms in total. The molecule has 1 aromatic rings. The van der Waals surface area contributed by atoms with Crippen LogP contribution in [-0.2, 0) is 19.7 Å². The third-order valence-electron chi connectivity index (χ3n) is 3.15. The molecule has 0 spiro atoms. The van der Waals surface area contributed by atoms with Crippen molar-refractivity contribution in [1.29, 1.82) is 0 Å². The number of methoxy groups -OCH3 is 1. The van der Waals surface area contributed by atoms with E-state index in [1.54, 1.807) is 12.1 Å². The highest BCUT2D eigenvalue weighted by Gasteiger charge is 2.29. The number of hydrogen-bond acceptors (Lipinski definition) is 6. The number of rotatable bonds is 4. The van der Waals surface area contributed by atoms with Gasteiger partial charge in [0.05, 0.1) is 12.0 Å². The van der Waals surface area contributed by atoms with Crippen molar-refractivity contribution >= 4 is 16.0 Å². The molecule has 1 aromatic carbocycles. The van der Waals surface area contributed by atoms with Gasteiger partial charge in [0.2, 0.25) is 10.0 Å². The summed E-state index contributed by atoms with van der Waals surface area (Å²) in [6.07, 6.45) is 0. The van der Waals surface area contributed by atoms with E-state index in [4.69, 9.17) is 9.57 Å². The van der Waals surface area contributed by atoms with Gasteiger partial charge in [-0.3, -0.25) is 4.79 Å². The first-order valence-corrected chi connectivity index (χ1v) is 7.95. The van der Waals surface area contributed by atoms with Crippen molar-refractivity contribution in [2.45, 2.75) is 11.8 Å². The summed E-state index contributed by atoms with van der Waals surface area (Å²) in [6, 6.07) is 6.27. The molecule has 116 valence electrons. The minimum atomic E-state index is -3.53. The SMILES string of the molecule is COc1ccc(S(=O)(=O)N2CCN(OC(C)=O)CC2)cc1. The van der Waals surface area contributed by atoms with Crippen LogP contribution in [0.4, 0.5) is 0 Å². The van der Waals surface area contributed by atoms with Crippen LogP contribution in [0.1, 0.15) is 6.92 Å². The maximum absolute atomic E-state index is 12.5. The molecule has 0 N–H and O–H groups in total. The van der Waals surface area contributed by atoms with E-state index in [1.165, 1.54) is 35.5 Å². The van der Waals surface area contributed by atoms with Crippen molar-refractivity contribution in [2.75, 3.05) is 33.3 Å². The Morgan fingerprint density at radius 3 is 2.14 bits per heavy atom. The number of hydroxylamine groups is 2. The van der Waals surface area contributed by atoms with Crippen molar-refractivity contribution in [3.8, 4) is 5.75 Å². The van der Waals surface area contributed by atoms with E-state index in [1.807, 2.05) is 0 Å². The number of carbonyl (C=O) groups excluding carboxylic acids is 1. The van der Waals surface area contributed by atoms with Gasteiger partial charge in [0.25, 0.3) is 0 Å². The lowest BCUT2D eigenvalue weighted by Crippen LogP contribution is -2.48. The smallest absolute Gasteiger partial charge is 0.322 e. The van der Waals surface area contributed by atoms with Gasteiger partial charge in [0, 0.05) is 33.1 Å². The van der Waals surface area contributed by atoms with Gasteiger partial charge >= 0.3 is 5.97 Å². The highest BCUT2D eigenvalue weighted by molar-refractivity contribution is 7.89. The Morgan fingerprint density at radius 1 is 1.10 bits per heavy atom. The van der Waals surface area contributed by atoms with E-state index >= 15 is 0 Å². The van der Waals surface area contributed by atoms with Crippen LogP contribution in [0.15, 0.2) is 29.2 Å². The molecular formula is C13H18N2O5S. The average molecular weight is 314 g/mol. The molecule has 0 bridgehead atoms. The van der Waals surface area contributed by atoms with Crippen LogP contribution in [0.3, 0.4) is 0 Å². The Kier molecular flexibility index (Phi) is 4.81. The number of benzene rings is 1. The molecule has 0 amide bonds. The van der Waals surface area contributed by atoms with Gasteiger partial charge < -0.3 is 9.57 Å². The largest absolute Gasteiger partial charge is 0.497 e. The standard InChI is InChI=1S/C13H18N2O5S/c1-11(16)20-14-7-9-15(10-8-14)21(17,18)13-5-3-12(19-2)4-6-13/h3-6H,7-10H2,1-2H3. The Labute approximate surface area is 124 Å². The molecule has 1 aliphatic rings. The normalized spacial score (nSPS) is 17.4. The van der Waals surface area contributed by atoms with Crippen LogP contribution in [-0.4, -0.2) is 57.0 Å². The Hall–Kier alpha value is -1.64. The van der Waals surface area contributed by atoms with E-state index < -0.39 is 16.0 Å². The molecule has 0 radical (unpaired) electrons. The number of hydrogen-bond donors (Lipinski definition) is 0. The quantitative estimate of drug-likeness (QED) is 0.804. The lowest BCUT2D eigenvalue weighted by atomic mass is 10.3. The summed E-state index contributed by atoms with van der Waals surface area (Å²) in [6.45, 7) is 2.59. The molecule has 1 fully saturated rings. The van der Waals surface area contributed by atoms with Gasteiger partial charge in [-0.1, -0.05) is 0 Å². The summed E-state index contributed by atoms with van der Waals surface area (Å²) in [7, 11) is -2.00. The highest BCUT2D eigenvalue weighted by atomic mass is 32.2. The summed E-state index contributed by atoms with van der Waals surface area (Å²) in [5, 5.41) is 1.47. The molecule has 8 heteroatoms. The predicted molar refractivity (Wildman–Crippen MR) is 75.1 cm³/mol. The second-order valence-electron chi connectivity index (χ2n) is 4.59. The number of piperazine rings is 1. The van der Waals surface area contributed by atoms with Crippen LogP contribution >= 0.6 is 0 Å². The van der Waals surface area contributed by atoms with Gasteiger partial charge in [0.1, 0.15) is 5.75 Å². The predicted octanol–water partition coefficient (Wildman–Crippen LogP) is 0.480. The average Bonchev–Trinajstić information content (AvgIpc) is 2.47. The van der Waals surface area contributed by atoms with E-state index in [2.05, 4.69) is 0 Å². The number of nitrogens with zero attached hydrogens (tertiary/aromatic N) is 2. The zero-order chi connectivity index (χ0) is 15.5. The Balaban J connectivity index is 2.05. The first-order chi connectivity index (χ1) is 9.93. The molecule has 2 rings (SSSR count). The van der Waals surface area contributed by atoms with E-state index in [9.17, 15) is 13.2 Å². The van der Waals surface area contributed by atoms with Crippen LogP contribution in [0.2, 0.25) is 0 Å². The summed E-state index contributed by atoms with van der Waals surface area (Å²) in [5.41, 5.74) is 0. The van der Waals surface area contributed by atoms with E-state index in [0.29, 0.717) is 18.8 Å². The lowest BCUT2D eigenvalue weighted by Gasteiger charge is -2.32. The fraction of sp³-hybridized carbons (Fsp3) is 0.462. The maximum atomic E-state index is 12.5. The molecule has 1 aliphatic heterocycles. The second kappa shape index (κ2) is 6.42. The second-order valence-corrected chi connectivity index (χ2v) is 6.53. The molecule has 0 unspecified atom stereocenters. The van der Waals surface area contributed by atoms with Crippen LogP contribution in [0.25, 0.3) is 0 Å². The summed E-state index contributed by atoms with van der Waals surface area (Å²) in [4.78, 5) is 16.0. The first kappa shape index (κ1) is 15.7. The van der Waals surface area contributed by atoms with Gasteiger partial charge in [-0.05, 0) is 24.3 Å². The first-order valence-electron chi connectivity index (χ1n) is 6.51. The van der Waals surface area contributed by atoms with Crippen molar-refractivity contribution in [3.63, 3.8) is 0 Å². The van der Waals surface area contributed by atoms with Crippen LogP contribution in [0.5, 0.6) is 5.75 Å². The molecule has 0 saturated carbocycles. The van der Waals surface area contributed by atoms with Gasteiger partial charge in [-0.15, -0.1) is 5.06 Å². The zero-order valence-electron chi connectivity index (χ0n) is 12.0. The minimum absolute atomic E-state index is 0.226. The third kappa shape index (κ3) is 3.72. The number of sulfonamides is 1. The van der Waals surface area contributed by atoms with Gasteiger partial charge in [-0.25, -0.2) is 8.42 Å². The van der Waals surface area contributed by atoms with Crippen LogP contribution < -0.4 is 4.74 Å². The highest BCUT2D eigenvalue weighted by Crippen LogP contribution is 2.20. The van der Waals surface area contributed by atoms with E-state index in [-0.39, 0.29) is 18.0 Å². The zero-order valence-corrected chi connectivity index (χ0v) is 12.8. The monoisotopic (exact) mass is 314 g/mol. The Bertz CT molecular complexity index is 591. The minimum Gasteiger partial charge on any atom is -0.497 e. The topological polar surface area (TPSA) is 76.2 Å². The molecule has 0 aromatic heterocycles.